The highest BCUT2D eigenvalue weighted by atomic mass is 35.5. The summed E-state index contributed by atoms with van der Waals surface area (Å²) in [7, 11) is 0. The molecule has 0 bridgehead atoms. The standard InChI is InChI=1S/C17H20ClNO2/c1-11-3-4-14(18)8-17(11)20-10-13-7-16(21-12(13)2)9-19-15-5-6-15/h3-4,7-8,15,19H,5-6,9-10H2,1-2H3. The molecule has 1 N–H and O–H groups in total. The number of aryl methyl sites for hydroxylation is 2. The fourth-order valence-electron chi connectivity index (χ4n) is 2.24. The van der Waals surface area contributed by atoms with E-state index >= 15 is 0 Å². The summed E-state index contributed by atoms with van der Waals surface area (Å²) in [6, 6.07) is 8.44. The molecule has 0 unspecified atom stereocenters. The van der Waals surface area contributed by atoms with Crippen LogP contribution in [0.5, 0.6) is 5.75 Å². The van der Waals surface area contributed by atoms with Gasteiger partial charge in [-0.05, 0) is 50.5 Å². The van der Waals surface area contributed by atoms with Gasteiger partial charge < -0.3 is 14.5 Å². The lowest BCUT2D eigenvalue weighted by Crippen LogP contribution is -2.14. The zero-order valence-electron chi connectivity index (χ0n) is 12.4. The minimum Gasteiger partial charge on any atom is -0.488 e. The number of nitrogens with one attached hydrogen (secondary N) is 1. The molecule has 1 aromatic carbocycles. The first kappa shape index (κ1) is 14.5. The Bertz CT molecular complexity index is 632. The molecule has 0 aliphatic heterocycles. The van der Waals surface area contributed by atoms with E-state index in [0.29, 0.717) is 17.7 Å². The highest BCUT2D eigenvalue weighted by Gasteiger charge is 2.21. The Hall–Kier alpha value is -1.45. The molecule has 0 spiro atoms. The van der Waals surface area contributed by atoms with Gasteiger partial charge in [0.05, 0.1) is 6.54 Å². The van der Waals surface area contributed by atoms with Crippen LogP contribution in [0.15, 0.2) is 28.7 Å². The molecule has 1 aliphatic carbocycles. The Morgan fingerprint density at radius 2 is 2.10 bits per heavy atom. The van der Waals surface area contributed by atoms with Gasteiger partial charge >= 0.3 is 0 Å². The molecular formula is C17H20ClNO2. The maximum absolute atomic E-state index is 6.00. The molecule has 0 saturated heterocycles. The Morgan fingerprint density at radius 3 is 2.86 bits per heavy atom. The lowest BCUT2D eigenvalue weighted by Gasteiger charge is -2.08. The van der Waals surface area contributed by atoms with E-state index in [1.54, 1.807) is 0 Å². The number of furan rings is 1. The smallest absolute Gasteiger partial charge is 0.124 e. The third-order valence-electron chi connectivity index (χ3n) is 3.75. The minimum absolute atomic E-state index is 0.500. The second-order valence-electron chi connectivity index (χ2n) is 5.65. The summed E-state index contributed by atoms with van der Waals surface area (Å²) in [5, 5.41) is 4.14. The van der Waals surface area contributed by atoms with Crippen LogP contribution in [0.4, 0.5) is 0 Å². The van der Waals surface area contributed by atoms with Crippen molar-refractivity contribution >= 4 is 11.6 Å². The SMILES string of the molecule is Cc1ccc(Cl)cc1OCc1cc(CNC2CC2)oc1C. The van der Waals surface area contributed by atoms with Gasteiger partial charge in [-0.25, -0.2) is 0 Å². The number of hydrogen-bond donors (Lipinski definition) is 1. The minimum atomic E-state index is 0.500. The largest absolute Gasteiger partial charge is 0.488 e. The average Bonchev–Trinajstić information content (AvgIpc) is 3.22. The van der Waals surface area contributed by atoms with E-state index in [1.165, 1.54) is 12.8 Å². The number of ether oxygens (including phenoxy) is 1. The van der Waals surface area contributed by atoms with Crippen molar-refractivity contribution in [3.8, 4) is 5.75 Å². The van der Waals surface area contributed by atoms with Crippen LogP contribution in [-0.2, 0) is 13.2 Å². The Morgan fingerprint density at radius 1 is 1.29 bits per heavy atom. The van der Waals surface area contributed by atoms with Crippen LogP contribution >= 0.6 is 11.6 Å². The van der Waals surface area contributed by atoms with Crippen molar-refractivity contribution in [3.05, 3.63) is 51.9 Å². The molecule has 0 atom stereocenters. The third kappa shape index (κ3) is 3.80. The van der Waals surface area contributed by atoms with Gasteiger partial charge in [0.15, 0.2) is 0 Å². The molecule has 1 saturated carbocycles. The van der Waals surface area contributed by atoms with E-state index in [1.807, 2.05) is 32.0 Å². The van der Waals surface area contributed by atoms with Crippen LogP contribution in [0.1, 0.15) is 35.5 Å². The molecule has 2 aromatic rings. The van der Waals surface area contributed by atoms with Crippen molar-refractivity contribution in [1.82, 2.24) is 5.32 Å². The average molecular weight is 306 g/mol. The molecule has 1 aromatic heterocycles. The summed E-state index contributed by atoms with van der Waals surface area (Å²) < 4.78 is 11.6. The van der Waals surface area contributed by atoms with Gasteiger partial charge in [-0.1, -0.05) is 17.7 Å². The Balaban J connectivity index is 1.62. The molecule has 0 radical (unpaired) electrons. The second kappa shape index (κ2) is 6.12. The maximum atomic E-state index is 6.00. The molecule has 112 valence electrons. The predicted molar refractivity (Wildman–Crippen MR) is 83.8 cm³/mol. The van der Waals surface area contributed by atoms with Gasteiger partial charge in [0.25, 0.3) is 0 Å². The topological polar surface area (TPSA) is 34.4 Å². The highest BCUT2D eigenvalue weighted by Crippen LogP contribution is 2.25. The van der Waals surface area contributed by atoms with Gasteiger partial charge in [0.1, 0.15) is 23.9 Å². The van der Waals surface area contributed by atoms with E-state index in [-0.39, 0.29) is 0 Å². The molecule has 1 aliphatic rings. The van der Waals surface area contributed by atoms with E-state index < -0.39 is 0 Å². The quantitative estimate of drug-likeness (QED) is 0.860. The van der Waals surface area contributed by atoms with Crippen LogP contribution in [-0.4, -0.2) is 6.04 Å². The molecule has 21 heavy (non-hydrogen) atoms. The van der Waals surface area contributed by atoms with Crippen LogP contribution in [0.2, 0.25) is 5.02 Å². The molecule has 0 amide bonds. The number of rotatable bonds is 6. The van der Waals surface area contributed by atoms with Gasteiger partial charge in [-0.15, -0.1) is 0 Å². The Labute approximate surface area is 130 Å². The fourth-order valence-corrected chi connectivity index (χ4v) is 2.40. The summed E-state index contributed by atoms with van der Waals surface area (Å²) in [6.07, 6.45) is 2.56. The lowest BCUT2D eigenvalue weighted by atomic mass is 10.2. The highest BCUT2D eigenvalue weighted by molar-refractivity contribution is 6.30. The van der Waals surface area contributed by atoms with E-state index in [9.17, 15) is 0 Å². The third-order valence-corrected chi connectivity index (χ3v) is 3.98. The Kier molecular flexibility index (Phi) is 4.22. The summed E-state index contributed by atoms with van der Waals surface area (Å²) in [6.45, 7) is 5.28. The normalized spacial score (nSPS) is 14.4. The number of benzene rings is 1. The summed E-state index contributed by atoms with van der Waals surface area (Å²) >= 11 is 6.00. The summed E-state index contributed by atoms with van der Waals surface area (Å²) in [5.41, 5.74) is 2.16. The van der Waals surface area contributed by atoms with Crippen molar-refractivity contribution in [2.24, 2.45) is 0 Å². The van der Waals surface area contributed by atoms with Crippen molar-refractivity contribution in [2.45, 2.75) is 45.9 Å². The first-order valence-corrected chi connectivity index (χ1v) is 7.70. The summed E-state index contributed by atoms with van der Waals surface area (Å²) in [4.78, 5) is 0. The van der Waals surface area contributed by atoms with Gasteiger partial charge in [0, 0.05) is 16.6 Å². The van der Waals surface area contributed by atoms with Crippen molar-refractivity contribution in [2.75, 3.05) is 0 Å². The number of hydrogen-bond acceptors (Lipinski definition) is 3. The maximum Gasteiger partial charge on any atom is 0.124 e. The van der Waals surface area contributed by atoms with Gasteiger partial charge in [-0.2, -0.15) is 0 Å². The molecule has 4 heteroatoms. The van der Waals surface area contributed by atoms with E-state index in [0.717, 1.165) is 34.9 Å². The first-order chi connectivity index (χ1) is 10.1. The van der Waals surface area contributed by atoms with E-state index in [4.69, 9.17) is 20.8 Å². The van der Waals surface area contributed by atoms with E-state index in [2.05, 4.69) is 11.4 Å². The molecule has 1 fully saturated rings. The zero-order valence-corrected chi connectivity index (χ0v) is 13.2. The predicted octanol–water partition coefficient (Wildman–Crippen LogP) is 4.38. The monoisotopic (exact) mass is 305 g/mol. The lowest BCUT2D eigenvalue weighted by molar-refractivity contribution is 0.301. The number of halogens is 1. The molecule has 3 nitrogen and oxygen atoms in total. The first-order valence-electron chi connectivity index (χ1n) is 7.32. The zero-order chi connectivity index (χ0) is 14.8. The molecule has 3 rings (SSSR count). The van der Waals surface area contributed by atoms with Crippen LogP contribution in [0.3, 0.4) is 0 Å². The van der Waals surface area contributed by atoms with Crippen LogP contribution < -0.4 is 10.1 Å². The van der Waals surface area contributed by atoms with Gasteiger partial charge in [0.2, 0.25) is 0 Å². The second-order valence-corrected chi connectivity index (χ2v) is 6.08. The van der Waals surface area contributed by atoms with Crippen molar-refractivity contribution in [1.29, 1.82) is 0 Å². The van der Waals surface area contributed by atoms with Crippen molar-refractivity contribution < 1.29 is 9.15 Å². The molecular weight excluding hydrogens is 286 g/mol. The van der Waals surface area contributed by atoms with Crippen molar-refractivity contribution in [3.63, 3.8) is 0 Å². The molecule has 1 heterocycles. The van der Waals surface area contributed by atoms with Gasteiger partial charge in [-0.3, -0.25) is 0 Å². The summed E-state index contributed by atoms with van der Waals surface area (Å²) in [5.74, 6) is 2.71. The fraction of sp³-hybridized carbons (Fsp3) is 0.412. The van der Waals surface area contributed by atoms with Crippen LogP contribution in [0.25, 0.3) is 0 Å². The van der Waals surface area contributed by atoms with Crippen LogP contribution in [0, 0.1) is 13.8 Å².